The van der Waals surface area contributed by atoms with Crippen molar-refractivity contribution in [1.29, 1.82) is 0 Å². The first-order valence-electron chi connectivity index (χ1n) is 11.8. The zero-order chi connectivity index (χ0) is 23.3. The third kappa shape index (κ3) is 21.5. The molecular weight excluding hydrogens is 417 g/mol. The van der Waals surface area contributed by atoms with Gasteiger partial charge < -0.3 is 15.5 Å². The van der Waals surface area contributed by atoms with E-state index in [2.05, 4.69) is 5.32 Å². The molecule has 1 unspecified atom stereocenters. The summed E-state index contributed by atoms with van der Waals surface area (Å²) in [5, 5.41) is 19.9. The molecule has 0 aliphatic rings. The number of carbonyl (C=O) groups is 4. The van der Waals surface area contributed by atoms with Gasteiger partial charge in [-0.15, -0.1) is 0 Å². The van der Waals surface area contributed by atoms with Crippen molar-refractivity contribution in [3.8, 4) is 0 Å². The van der Waals surface area contributed by atoms with Crippen LogP contribution in [0.1, 0.15) is 116 Å². The van der Waals surface area contributed by atoms with Crippen molar-refractivity contribution in [3.63, 3.8) is 0 Å². The molecule has 0 saturated heterocycles. The Hall–Kier alpha value is -1.49. The number of carbonyl (C=O) groups excluding carboxylic acids is 2. The second kappa shape index (κ2) is 20.4. The second-order valence-electron chi connectivity index (χ2n) is 8.30. The zero-order valence-corrected chi connectivity index (χ0v) is 20.1. The second-order valence-corrected chi connectivity index (χ2v) is 8.87. The first kappa shape index (κ1) is 29.5. The molecule has 0 bridgehead atoms. The molecule has 0 aliphatic heterocycles. The van der Waals surface area contributed by atoms with Crippen LogP contribution in [0.3, 0.4) is 0 Å². The first-order valence-corrected chi connectivity index (χ1v) is 12.4. The van der Waals surface area contributed by atoms with E-state index in [1.165, 1.54) is 51.4 Å². The fourth-order valence-corrected chi connectivity index (χ4v) is 3.75. The molecule has 0 aliphatic carbocycles. The number of nitrogens with one attached hydrogen (secondary N) is 1. The van der Waals surface area contributed by atoms with Crippen LogP contribution >= 0.6 is 9.24 Å². The number of carboxylic acid groups (broad SMARTS) is 2. The monoisotopic (exact) mass is 459 g/mol. The molecule has 0 rings (SSSR count). The van der Waals surface area contributed by atoms with Gasteiger partial charge in [0.2, 0.25) is 5.91 Å². The summed E-state index contributed by atoms with van der Waals surface area (Å²) in [4.78, 5) is 44.4. The molecule has 3 N–H and O–H groups in total. The Labute approximate surface area is 189 Å². The summed E-state index contributed by atoms with van der Waals surface area (Å²) in [7, 11) is 2.01. The summed E-state index contributed by atoms with van der Waals surface area (Å²) in [5.41, 5.74) is -0.287. The Morgan fingerprint density at radius 1 is 0.581 bits per heavy atom. The molecule has 0 aromatic carbocycles. The SMILES string of the molecule is O=C(O)CCCCCCCCCCCCCCCCC(=O)N[C@@H](CCC(=O)O)C(=O)P. The van der Waals surface area contributed by atoms with Crippen LogP contribution in [0.2, 0.25) is 0 Å². The molecule has 180 valence electrons. The summed E-state index contributed by atoms with van der Waals surface area (Å²) in [6.07, 6.45) is 16.4. The van der Waals surface area contributed by atoms with Crippen molar-refractivity contribution in [3.05, 3.63) is 0 Å². The van der Waals surface area contributed by atoms with E-state index < -0.39 is 18.0 Å². The Morgan fingerprint density at radius 3 is 1.29 bits per heavy atom. The number of rotatable bonds is 22. The van der Waals surface area contributed by atoms with Gasteiger partial charge in [-0.25, -0.2) is 0 Å². The van der Waals surface area contributed by atoms with E-state index in [0.717, 1.165) is 38.5 Å². The highest BCUT2D eigenvalue weighted by molar-refractivity contribution is 7.40. The zero-order valence-electron chi connectivity index (χ0n) is 18.9. The van der Waals surface area contributed by atoms with Crippen molar-refractivity contribution < 1.29 is 29.4 Å². The van der Waals surface area contributed by atoms with E-state index >= 15 is 0 Å². The molecular formula is C23H42NO6P. The number of hydrogen-bond donors (Lipinski definition) is 3. The molecule has 31 heavy (non-hydrogen) atoms. The number of hydrogen-bond acceptors (Lipinski definition) is 4. The number of carboxylic acids is 2. The molecule has 0 radical (unpaired) electrons. The fourth-order valence-electron chi connectivity index (χ4n) is 3.50. The van der Waals surface area contributed by atoms with Gasteiger partial charge in [0.05, 0.1) is 6.04 Å². The maximum Gasteiger partial charge on any atom is 0.303 e. The molecule has 0 fully saturated rings. The molecule has 8 heteroatoms. The maximum absolute atomic E-state index is 11.9. The van der Waals surface area contributed by atoms with E-state index in [-0.39, 0.29) is 24.3 Å². The molecule has 7 nitrogen and oxygen atoms in total. The van der Waals surface area contributed by atoms with Gasteiger partial charge in [0.1, 0.15) is 0 Å². The van der Waals surface area contributed by atoms with Crippen molar-refractivity contribution in [1.82, 2.24) is 5.32 Å². The van der Waals surface area contributed by atoms with Gasteiger partial charge in [-0.3, -0.25) is 19.2 Å². The van der Waals surface area contributed by atoms with Gasteiger partial charge in [0, 0.05) is 19.3 Å². The maximum atomic E-state index is 11.9. The van der Waals surface area contributed by atoms with Gasteiger partial charge in [-0.1, -0.05) is 86.3 Å². The van der Waals surface area contributed by atoms with Gasteiger partial charge in [0.25, 0.3) is 0 Å². The van der Waals surface area contributed by atoms with E-state index in [0.29, 0.717) is 12.8 Å². The molecule has 1 amide bonds. The van der Waals surface area contributed by atoms with Crippen molar-refractivity contribution in [2.45, 2.75) is 122 Å². The Bertz CT molecular complexity index is 526. The Kier molecular flexibility index (Phi) is 19.4. The third-order valence-electron chi connectivity index (χ3n) is 5.37. The highest BCUT2D eigenvalue weighted by Gasteiger charge is 2.18. The third-order valence-corrected chi connectivity index (χ3v) is 5.77. The average molecular weight is 460 g/mol. The lowest BCUT2D eigenvalue weighted by Gasteiger charge is -2.14. The fraction of sp³-hybridized carbons (Fsp3) is 0.826. The lowest BCUT2D eigenvalue weighted by atomic mass is 10.0. The van der Waals surface area contributed by atoms with Crippen LogP contribution in [0, 0.1) is 0 Å². The number of unbranched alkanes of at least 4 members (excludes halogenated alkanes) is 13. The minimum Gasteiger partial charge on any atom is -0.481 e. The summed E-state index contributed by atoms with van der Waals surface area (Å²) in [6, 6.07) is -0.731. The van der Waals surface area contributed by atoms with Crippen molar-refractivity contribution in [2.75, 3.05) is 0 Å². The summed E-state index contributed by atoms with van der Waals surface area (Å²) >= 11 is 0. The molecule has 0 spiro atoms. The quantitative estimate of drug-likeness (QED) is 0.154. The molecule has 2 atom stereocenters. The van der Waals surface area contributed by atoms with Crippen LogP contribution in [0.5, 0.6) is 0 Å². The standard InChI is InChI=1S/C23H42NO6P/c25-20(24-19(23(30)31)17-18-22(28)29)15-13-11-9-7-5-3-1-2-4-6-8-10-12-14-16-21(26)27/h19H,1-18,31H2,(H,24,25)(H,26,27)(H,28,29)/t19-/m0/s1. The van der Waals surface area contributed by atoms with Crippen LogP contribution in [-0.2, 0) is 19.2 Å². The topological polar surface area (TPSA) is 121 Å². The van der Waals surface area contributed by atoms with Crippen molar-refractivity contribution in [2.24, 2.45) is 0 Å². The summed E-state index contributed by atoms with van der Waals surface area (Å²) < 4.78 is 0. The minimum absolute atomic E-state index is 0.121. The van der Waals surface area contributed by atoms with Crippen LogP contribution < -0.4 is 5.32 Å². The predicted octanol–water partition coefficient (Wildman–Crippen LogP) is 5.06. The van der Waals surface area contributed by atoms with Crippen LogP contribution in [0.25, 0.3) is 0 Å². The van der Waals surface area contributed by atoms with E-state index in [9.17, 15) is 19.2 Å². The first-order chi connectivity index (χ1) is 14.8. The Morgan fingerprint density at radius 2 is 0.935 bits per heavy atom. The predicted molar refractivity (Wildman–Crippen MR) is 125 cm³/mol. The molecule has 0 aromatic heterocycles. The van der Waals surface area contributed by atoms with E-state index in [1.54, 1.807) is 0 Å². The largest absolute Gasteiger partial charge is 0.481 e. The number of amides is 1. The van der Waals surface area contributed by atoms with Gasteiger partial charge in [0.15, 0.2) is 5.52 Å². The normalized spacial score (nSPS) is 11.8. The lowest BCUT2D eigenvalue weighted by molar-refractivity contribution is -0.138. The molecule has 0 aromatic rings. The average Bonchev–Trinajstić information content (AvgIpc) is 2.70. The van der Waals surface area contributed by atoms with E-state index in [1.807, 2.05) is 9.24 Å². The number of aliphatic carboxylic acids is 2. The van der Waals surface area contributed by atoms with Gasteiger partial charge in [-0.05, 0) is 19.3 Å². The van der Waals surface area contributed by atoms with Crippen molar-refractivity contribution >= 4 is 32.6 Å². The summed E-state index contributed by atoms with van der Waals surface area (Å²) in [6.45, 7) is 0. The van der Waals surface area contributed by atoms with Gasteiger partial charge in [-0.2, -0.15) is 0 Å². The van der Waals surface area contributed by atoms with E-state index in [4.69, 9.17) is 10.2 Å². The smallest absolute Gasteiger partial charge is 0.303 e. The highest BCUT2D eigenvalue weighted by atomic mass is 31.0. The molecule has 0 heterocycles. The Balaban J connectivity index is 3.43. The van der Waals surface area contributed by atoms with Crippen LogP contribution in [0.4, 0.5) is 0 Å². The summed E-state index contributed by atoms with van der Waals surface area (Å²) in [5.74, 6) is -1.86. The van der Waals surface area contributed by atoms with Gasteiger partial charge >= 0.3 is 11.9 Å². The minimum atomic E-state index is -0.976. The molecule has 0 saturated carbocycles. The van der Waals surface area contributed by atoms with Crippen LogP contribution in [0.15, 0.2) is 0 Å². The highest BCUT2D eigenvalue weighted by Crippen LogP contribution is 2.14. The lowest BCUT2D eigenvalue weighted by Crippen LogP contribution is -2.39. The van der Waals surface area contributed by atoms with Crippen LogP contribution in [-0.4, -0.2) is 39.6 Å².